The van der Waals surface area contributed by atoms with Gasteiger partial charge in [-0.15, -0.1) is 0 Å². The zero-order valence-corrected chi connectivity index (χ0v) is 9.39. The molecule has 0 radical (unpaired) electrons. The van der Waals surface area contributed by atoms with Gasteiger partial charge >= 0.3 is 0 Å². The molecule has 1 aliphatic rings. The van der Waals surface area contributed by atoms with Gasteiger partial charge in [0.25, 0.3) is 0 Å². The monoisotopic (exact) mass is 182 g/mol. The molecule has 0 aromatic carbocycles. The third kappa shape index (κ3) is 2.55. The number of hydrogen-bond donors (Lipinski definition) is 0. The van der Waals surface area contributed by atoms with Gasteiger partial charge in [-0.1, -0.05) is 34.1 Å². The Morgan fingerprint density at radius 3 is 2.46 bits per heavy atom. The molecule has 0 bridgehead atoms. The summed E-state index contributed by atoms with van der Waals surface area (Å²) < 4.78 is 0. The molecule has 76 valence electrons. The molecule has 1 fully saturated rings. The highest BCUT2D eigenvalue weighted by atomic mass is 16.1. The summed E-state index contributed by atoms with van der Waals surface area (Å²) in [5, 5.41) is 0. The third-order valence-corrected chi connectivity index (χ3v) is 3.26. The highest BCUT2D eigenvalue weighted by Crippen LogP contribution is 2.43. The Labute approximate surface area is 81.9 Å². The van der Waals surface area contributed by atoms with Gasteiger partial charge in [-0.25, -0.2) is 0 Å². The largest absolute Gasteiger partial charge is 0.299 e. The van der Waals surface area contributed by atoms with E-state index in [1.165, 1.54) is 12.8 Å². The van der Waals surface area contributed by atoms with Crippen LogP contribution < -0.4 is 0 Å². The molecule has 0 aliphatic heterocycles. The average Bonchev–Trinajstić information content (AvgIpc) is 2.27. The zero-order chi connectivity index (χ0) is 10.1. The minimum Gasteiger partial charge on any atom is -0.299 e. The third-order valence-electron chi connectivity index (χ3n) is 3.26. The fraction of sp³-hybridized carbons (Fsp3) is 0.917. The normalized spacial score (nSPS) is 26.7. The van der Waals surface area contributed by atoms with Crippen LogP contribution in [0.3, 0.4) is 0 Å². The van der Waals surface area contributed by atoms with Crippen molar-refractivity contribution < 1.29 is 4.79 Å². The van der Waals surface area contributed by atoms with Crippen LogP contribution in [0.4, 0.5) is 0 Å². The lowest BCUT2D eigenvalue weighted by atomic mass is 9.78. The van der Waals surface area contributed by atoms with Crippen LogP contribution in [0, 0.1) is 17.3 Å². The van der Waals surface area contributed by atoms with Crippen LogP contribution in [0.5, 0.6) is 0 Å². The predicted octanol–water partition coefficient (Wildman–Crippen LogP) is 3.43. The summed E-state index contributed by atoms with van der Waals surface area (Å²) in [5.41, 5.74) is 0.270. The fourth-order valence-corrected chi connectivity index (χ4v) is 2.47. The molecule has 1 rings (SSSR count). The maximum absolute atomic E-state index is 11.9. The van der Waals surface area contributed by atoms with E-state index in [2.05, 4.69) is 27.7 Å². The van der Waals surface area contributed by atoms with Gasteiger partial charge in [-0.05, 0) is 24.2 Å². The van der Waals surface area contributed by atoms with Crippen LogP contribution in [0.1, 0.15) is 53.4 Å². The van der Waals surface area contributed by atoms with Crippen molar-refractivity contribution in [2.24, 2.45) is 17.3 Å². The fourth-order valence-electron chi connectivity index (χ4n) is 2.47. The van der Waals surface area contributed by atoms with Crippen LogP contribution in [0.25, 0.3) is 0 Å². The topological polar surface area (TPSA) is 17.1 Å². The quantitative estimate of drug-likeness (QED) is 0.653. The van der Waals surface area contributed by atoms with Gasteiger partial charge in [-0.3, -0.25) is 4.79 Å². The Morgan fingerprint density at radius 2 is 2.08 bits per heavy atom. The highest BCUT2D eigenvalue weighted by molar-refractivity contribution is 5.82. The van der Waals surface area contributed by atoms with E-state index in [-0.39, 0.29) is 5.41 Å². The Kier molecular flexibility index (Phi) is 3.15. The second-order valence-corrected chi connectivity index (χ2v) is 5.50. The smallest absolute Gasteiger partial charge is 0.136 e. The van der Waals surface area contributed by atoms with Gasteiger partial charge in [0.15, 0.2) is 0 Å². The summed E-state index contributed by atoms with van der Waals surface area (Å²) in [6, 6.07) is 0. The summed E-state index contributed by atoms with van der Waals surface area (Å²) in [5.74, 6) is 1.36. The molecule has 1 nitrogen and oxygen atoms in total. The second kappa shape index (κ2) is 3.81. The molecule has 0 spiro atoms. The molecular formula is C12H22O. The summed E-state index contributed by atoms with van der Waals surface area (Å²) in [4.78, 5) is 11.9. The first-order chi connectivity index (χ1) is 5.93. The molecule has 0 N–H and O–H groups in total. The van der Waals surface area contributed by atoms with Crippen molar-refractivity contribution in [1.29, 1.82) is 0 Å². The molecule has 0 aromatic rings. The molecule has 0 heterocycles. The van der Waals surface area contributed by atoms with Crippen LogP contribution in [0.15, 0.2) is 0 Å². The first kappa shape index (κ1) is 10.7. The molecule has 0 saturated heterocycles. The predicted molar refractivity (Wildman–Crippen MR) is 55.6 cm³/mol. The Morgan fingerprint density at radius 1 is 1.46 bits per heavy atom. The molecule has 1 aliphatic carbocycles. The zero-order valence-electron chi connectivity index (χ0n) is 9.39. The Hall–Kier alpha value is -0.330. The van der Waals surface area contributed by atoms with Crippen molar-refractivity contribution in [3.8, 4) is 0 Å². The molecule has 1 saturated carbocycles. The molecule has 1 unspecified atom stereocenters. The van der Waals surface area contributed by atoms with Crippen molar-refractivity contribution in [3.63, 3.8) is 0 Å². The van der Waals surface area contributed by atoms with Gasteiger partial charge in [0.2, 0.25) is 0 Å². The molecular weight excluding hydrogens is 160 g/mol. The summed E-state index contributed by atoms with van der Waals surface area (Å²) in [7, 11) is 0. The highest BCUT2D eigenvalue weighted by Gasteiger charge is 2.38. The van der Waals surface area contributed by atoms with Gasteiger partial charge in [0, 0.05) is 12.3 Å². The van der Waals surface area contributed by atoms with E-state index in [0.29, 0.717) is 17.6 Å². The lowest BCUT2D eigenvalue weighted by Crippen LogP contribution is -2.26. The summed E-state index contributed by atoms with van der Waals surface area (Å²) in [6.45, 7) is 8.73. The maximum Gasteiger partial charge on any atom is 0.136 e. The number of Topliss-reactive ketones (excluding diaryl/α,β-unsaturated/α-hetero) is 1. The maximum atomic E-state index is 11.9. The molecule has 1 heteroatoms. The van der Waals surface area contributed by atoms with Crippen molar-refractivity contribution >= 4 is 5.78 Å². The van der Waals surface area contributed by atoms with E-state index >= 15 is 0 Å². The van der Waals surface area contributed by atoms with Gasteiger partial charge in [0.1, 0.15) is 5.78 Å². The minimum absolute atomic E-state index is 0.270. The molecule has 1 atom stereocenters. The van der Waals surface area contributed by atoms with E-state index in [4.69, 9.17) is 0 Å². The first-order valence-corrected chi connectivity index (χ1v) is 5.46. The lowest BCUT2D eigenvalue weighted by Gasteiger charge is -2.26. The molecule has 0 aromatic heterocycles. The van der Waals surface area contributed by atoms with Gasteiger partial charge in [0.05, 0.1) is 0 Å². The Balaban J connectivity index is 2.56. The van der Waals surface area contributed by atoms with Gasteiger partial charge in [-0.2, -0.15) is 0 Å². The van der Waals surface area contributed by atoms with Crippen LogP contribution >= 0.6 is 0 Å². The van der Waals surface area contributed by atoms with Crippen LogP contribution in [-0.2, 0) is 4.79 Å². The van der Waals surface area contributed by atoms with Crippen molar-refractivity contribution in [3.05, 3.63) is 0 Å². The van der Waals surface area contributed by atoms with E-state index in [1.807, 2.05) is 0 Å². The summed E-state index contributed by atoms with van der Waals surface area (Å²) >= 11 is 0. The Bertz CT molecular complexity index is 191. The minimum atomic E-state index is 0.270. The van der Waals surface area contributed by atoms with Crippen LogP contribution in [-0.4, -0.2) is 5.78 Å². The number of hydrogen-bond acceptors (Lipinski definition) is 1. The standard InChI is InChI=1S/C12H22O/c1-9(2)8-11(13)10-6-5-7-12(10,3)4/h9-10H,5-8H2,1-4H3. The van der Waals surface area contributed by atoms with Crippen LogP contribution in [0.2, 0.25) is 0 Å². The van der Waals surface area contributed by atoms with E-state index in [0.717, 1.165) is 12.8 Å². The van der Waals surface area contributed by atoms with Gasteiger partial charge < -0.3 is 0 Å². The van der Waals surface area contributed by atoms with Crippen molar-refractivity contribution in [2.75, 3.05) is 0 Å². The van der Waals surface area contributed by atoms with Crippen molar-refractivity contribution in [2.45, 2.75) is 53.4 Å². The number of carbonyl (C=O) groups is 1. The summed E-state index contributed by atoms with van der Waals surface area (Å²) in [6.07, 6.45) is 4.36. The second-order valence-electron chi connectivity index (χ2n) is 5.50. The number of rotatable bonds is 3. The molecule has 13 heavy (non-hydrogen) atoms. The molecule has 0 amide bonds. The van der Waals surface area contributed by atoms with Crippen molar-refractivity contribution in [1.82, 2.24) is 0 Å². The number of ketones is 1. The average molecular weight is 182 g/mol. The van der Waals surface area contributed by atoms with E-state index in [1.54, 1.807) is 0 Å². The first-order valence-electron chi connectivity index (χ1n) is 5.46. The number of carbonyl (C=O) groups excluding carboxylic acids is 1. The lowest BCUT2D eigenvalue weighted by molar-refractivity contribution is -0.126. The SMILES string of the molecule is CC(C)CC(=O)C1CCCC1(C)C. The van der Waals surface area contributed by atoms with E-state index in [9.17, 15) is 4.79 Å². The van der Waals surface area contributed by atoms with E-state index < -0.39 is 0 Å².